The van der Waals surface area contributed by atoms with E-state index in [-0.39, 0.29) is 5.97 Å². The predicted octanol–water partition coefficient (Wildman–Crippen LogP) is 1.36. The third-order valence-electron chi connectivity index (χ3n) is 1.63. The van der Waals surface area contributed by atoms with E-state index in [0.717, 1.165) is 5.01 Å². The summed E-state index contributed by atoms with van der Waals surface area (Å²) in [6.07, 6.45) is 1.68. The van der Waals surface area contributed by atoms with Crippen LogP contribution in [0, 0.1) is 0 Å². The Kier molecular flexibility index (Phi) is 4.55. The van der Waals surface area contributed by atoms with E-state index in [9.17, 15) is 4.79 Å². The summed E-state index contributed by atoms with van der Waals surface area (Å²) in [6, 6.07) is -0.417. The van der Waals surface area contributed by atoms with E-state index in [1.807, 2.05) is 12.3 Å². The fraction of sp³-hybridized carbons (Fsp3) is 0.556. The molecule has 1 atom stereocenters. The maximum atomic E-state index is 11.5. The molecule has 1 aromatic heterocycles. The molecule has 1 aromatic rings. The van der Waals surface area contributed by atoms with Crippen LogP contribution in [0.3, 0.4) is 0 Å². The SMILES string of the molecule is CCNC(C(=O)OCC)c1nccs1. The van der Waals surface area contributed by atoms with Gasteiger partial charge in [-0.2, -0.15) is 0 Å². The molecule has 1 unspecified atom stereocenters. The lowest BCUT2D eigenvalue weighted by Crippen LogP contribution is -2.29. The fourth-order valence-electron chi connectivity index (χ4n) is 1.08. The van der Waals surface area contributed by atoms with Gasteiger partial charge in [-0.15, -0.1) is 11.3 Å². The highest BCUT2D eigenvalue weighted by Gasteiger charge is 2.22. The summed E-state index contributed by atoms with van der Waals surface area (Å²) in [5, 5.41) is 5.64. The third kappa shape index (κ3) is 2.78. The lowest BCUT2D eigenvalue weighted by Gasteiger charge is -2.13. The number of ether oxygens (including phenoxy) is 1. The summed E-state index contributed by atoms with van der Waals surface area (Å²) >= 11 is 1.45. The number of nitrogens with one attached hydrogen (secondary N) is 1. The van der Waals surface area contributed by atoms with Crippen molar-refractivity contribution in [1.29, 1.82) is 0 Å². The molecule has 0 aliphatic rings. The van der Waals surface area contributed by atoms with Crippen LogP contribution in [0.4, 0.5) is 0 Å². The van der Waals surface area contributed by atoms with Crippen molar-refractivity contribution in [3.8, 4) is 0 Å². The summed E-state index contributed by atoms with van der Waals surface area (Å²) in [7, 11) is 0. The van der Waals surface area contributed by atoms with Crippen LogP contribution < -0.4 is 5.32 Å². The molecule has 0 aliphatic carbocycles. The number of carbonyl (C=O) groups excluding carboxylic acids is 1. The van der Waals surface area contributed by atoms with Gasteiger partial charge in [0.2, 0.25) is 0 Å². The molecule has 5 heteroatoms. The van der Waals surface area contributed by atoms with Gasteiger partial charge in [0.1, 0.15) is 5.01 Å². The number of hydrogen-bond acceptors (Lipinski definition) is 5. The molecule has 0 bridgehead atoms. The Morgan fingerprint density at radius 1 is 1.71 bits per heavy atom. The third-order valence-corrected chi connectivity index (χ3v) is 2.47. The molecule has 4 nitrogen and oxygen atoms in total. The van der Waals surface area contributed by atoms with E-state index in [1.165, 1.54) is 11.3 Å². The first-order valence-corrected chi connectivity index (χ1v) is 5.47. The number of rotatable bonds is 5. The number of aromatic nitrogens is 1. The van der Waals surface area contributed by atoms with E-state index < -0.39 is 6.04 Å². The van der Waals surface area contributed by atoms with Crippen LogP contribution in [-0.2, 0) is 9.53 Å². The standard InChI is InChI=1S/C9H14N2O2S/c1-3-10-7(9(12)13-4-2)8-11-5-6-14-8/h5-7,10H,3-4H2,1-2H3. The Balaban J connectivity index is 2.69. The second kappa shape index (κ2) is 5.72. The highest BCUT2D eigenvalue weighted by Crippen LogP contribution is 2.16. The number of hydrogen-bond donors (Lipinski definition) is 1. The molecule has 0 radical (unpaired) electrons. The van der Waals surface area contributed by atoms with Crippen LogP contribution >= 0.6 is 11.3 Å². The average Bonchev–Trinajstić information content (AvgIpc) is 2.67. The van der Waals surface area contributed by atoms with Gasteiger partial charge in [0.15, 0.2) is 6.04 Å². The number of thiazole rings is 1. The molecule has 14 heavy (non-hydrogen) atoms. The number of likely N-dealkylation sites (N-methyl/N-ethyl adjacent to an activating group) is 1. The highest BCUT2D eigenvalue weighted by molar-refractivity contribution is 7.09. The van der Waals surface area contributed by atoms with Crippen molar-refractivity contribution in [1.82, 2.24) is 10.3 Å². The molecule has 0 amide bonds. The van der Waals surface area contributed by atoms with Crippen molar-refractivity contribution in [3.63, 3.8) is 0 Å². The molecule has 1 heterocycles. The first-order valence-electron chi connectivity index (χ1n) is 4.59. The van der Waals surface area contributed by atoms with E-state index in [2.05, 4.69) is 10.3 Å². The molecule has 0 aromatic carbocycles. The lowest BCUT2D eigenvalue weighted by atomic mass is 10.3. The van der Waals surface area contributed by atoms with Crippen molar-refractivity contribution < 1.29 is 9.53 Å². The molecule has 0 saturated heterocycles. The largest absolute Gasteiger partial charge is 0.465 e. The minimum absolute atomic E-state index is 0.260. The second-order valence-corrected chi connectivity index (χ2v) is 3.54. The van der Waals surface area contributed by atoms with Crippen LogP contribution in [0.15, 0.2) is 11.6 Å². The molecule has 1 N–H and O–H groups in total. The zero-order valence-electron chi connectivity index (χ0n) is 8.32. The molecule has 0 saturated carbocycles. The Morgan fingerprint density at radius 2 is 2.50 bits per heavy atom. The van der Waals surface area contributed by atoms with Gasteiger partial charge in [-0.3, -0.25) is 5.32 Å². The van der Waals surface area contributed by atoms with Gasteiger partial charge in [0.25, 0.3) is 0 Å². The van der Waals surface area contributed by atoms with Crippen molar-refractivity contribution in [2.45, 2.75) is 19.9 Å². The minimum atomic E-state index is -0.417. The number of esters is 1. The van der Waals surface area contributed by atoms with Crippen LogP contribution in [0.25, 0.3) is 0 Å². The van der Waals surface area contributed by atoms with Gasteiger partial charge < -0.3 is 4.74 Å². The second-order valence-electron chi connectivity index (χ2n) is 2.61. The summed E-state index contributed by atoms with van der Waals surface area (Å²) in [6.45, 7) is 4.84. The summed E-state index contributed by atoms with van der Waals surface area (Å²) in [5.74, 6) is -0.260. The molecule has 0 fully saturated rings. The molecule has 0 aliphatic heterocycles. The van der Waals surface area contributed by atoms with Crippen molar-refractivity contribution in [2.24, 2.45) is 0 Å². The van der Waals surface area contributed by atoms with Crippen LogP contribution in [0.5, 0.6) is 0 Å². The van der Waals surface area contributed by atoms with Gasteiger partial charge >= 0.3 is 5.97 Å². The minimum Gasteiger partial charge on any atom is -0.465 e. The Hall–Kier alpha value is -0.940. The number of nitrogens with zero attached hydrogens (tertiary/aromatic N) is 1. The van der Waals surface area contributed by atoms with E-state index in [4.69, 9.17) is 4.74 Å². The van der Waals surface area contributed by atoms with Crippen molar-refractivity contribution in [3.05, 3.63) is 16.6 Å². The van der Waals surface area contributed by atoms with Crippen LogP contribution in [0.1, 0.15) is 24.9 Å². The van der Waals surface area contributed by atoms with Gasteiger partial charge in [-0.25, -0.2) is 9.78 Å². The number of carbonyl (C=O) groups is 1. The normalized spacial score (nSPS) is 12.4. The van der Waals surface area contributed by atoms with Crippen LogP contribution in [-0.4, -0.2) is 24.1 Å². The quantitative estimate of drug-likeness (QED) is 0.752. The summed E-state index contributed by atoms with van der Waals surface area (Å²) in [5.41, 5.74) is 0. The van der Waals surface area contributed by atoms with E-state index in [0.29, 0.717) is 13.2 Å². The van der Waals surface area contributed by atoms with Gasteiger partial charge in [0, 0.05) is 11.6 Å². The topological polar surface area (TPSA) is 51.2 Å². The first kappa shape index (κ1) is 11.1. The fourth-order valence-corrected chi connectivity index (χ4v) is 1.78. The smallest absolute Gasteiger partial charge is 0.330 e. The summed E-state index contributed by atoms with van der Waals surface area (Å²) < 4.78 is 4.95. The molecule has 1 rings (SSSR count). The molecule has 0 spiro atoms. The highest BCUT2D eigenvalue weighted by atomic mass is 32.1. The van der Waals surface area contributed by atoms with Gasteiger partial charge in [-0.05, 0) is 13.5 Å². The predicted molar refractivity (Wildman–Crippen MR) is 55.2 cm³/mol. The monoisotopic (exact) mass is 214 g/mol. The Labute approximate surface area is 87.3 Å². The molecular formula is C9H14N2O2S. The Bertz CT molecular complexity index is 274. The average molecular weight is 214 g/mol. The molecule has 78 valence electrons. The van der Waals surface area contributed by atoms with Gasteiger partial charge in [-0.1, -0.05) is 6.92 Å². The zero-order chi connectivity index (χ0) is 10.4. The van der Waals surface area contributed by atoms with Crippen molar-refractivity contribution in [2.75, 3.05) is 13.2 Å². The maximum Gasteiger partial charge on any atom is 0.330 e. The molecular weight excluding hydrogens is 200 g/mol. The maximum absolute atomic E-state index is 11.5. The first-order chi connectivity index (χ1) is 6.79. The van der Waals surface area contributed by atoms with E-state index in [1.54, 1.807) is 13.1 Å². The van der Waals surface area contributed by atoms with E-state index >= 15 is 0 Å². The van der Waals surface area contributed by atoms with Crippen molar-refractivity contribution >= 4 is 17.3 Å². The summed E-state index contributed by atoms with van der Waals surface area (Å²) in [4.78, 5) is 15.6. The van der Waals surface area contributed by atoms with Crippen LogP contribution in [0.2, 0.25) is 0 Å². The zero-order valence-corrected chi connectivity index (χ0v) is 9.13. The lowest BCUT2D eigenvalue weighted by molar-refractivity contribution is -0.145. The Morgan fingerprint density at radius 3 is 3.00 bits per heavy atom. The van der Waals surface area contributed by atoms with Gasteiger partial charge in [0.05, 0.1) is 6.61 Å².